The van der Waals surface area contributed by atoms with E-state index in [4.69, 9.17) is 0 Å². The van der Waals surface area contributed by atoms with E-state index in [0.717, 1.165) is 19.4 Å². The van der Waals surface area contributed by atoms with Gasteiger partial charge in [0.25, 0.3) is 0 Å². The molecular formula is C22H31N3O3S. The quantitative estimate of drug-likeness (QED) is 0.814. The van der Waals surface area contributed by atoms with Gasteiger partial charge in [-0.25, -0.2) is 0 Å². The van der Waals surface area contributed by atoms with Gasteiger partial charge in [-0.15, -0.1) is 0 Å². The Bertz CT molecular complexity index is 755. The van der Waals surface area contributed by atoms with Gasteiger partial charge in [-0.3, -0.25) is 14.4 Å². The molecule has 0 radical (unpaired) electrons. The summed E-state index contributed by atoms with van der Waals surface area (Å²) in [5, 5.41) is 3.03. The van der Waals surface area contributed by atoms with Crippen molar-refractivity contribution in [1.29, 1.82) is 0 Å². The van der Waals surface area contributed by atoms with Crippen molar-refractivity contribution in [2.45, 2.75) is 45.2 Å². The molecule has 1 N–H and O–H groups in total. The Balaban J connectivity index is 1.69. The van der Waals surface area contributed by atoms with Gasteiger partial charge in [0.1, 0.15) is 0 Å². The van der Waals surface area contributed by atoms with Crippen molar-refractivity contribution >= 4 is 29.5 Å². The molecule has 0 unspecified atom stereocenters. The summed E-state index contributed by atoms with van der Waals surface area (Å²) >= 11 is 1.48. The summed E-state index contributed by atoms with van der Waals surface area (Å²) in [5.74, 6) is 0.261. The van der Waals surface area contributed by atoms with Crippen LogP contribution in [0, 0.1) is 5.92 Å². The van der Waals surface area contributed by atoms with Crippen molar-refractivity contribution in [3.8, 4) is 0 Å². The van der Waals surface area contributed by atoms with Gasteiger partial charge in [-0.2, -0.15) is 11.8 Å². The van der Waals surface area contributed by atoms with E-state index in [-0.39, 0.29) is 29.7 Å². The van der Waals surface area contributed by atoms with E-state index in [1.165, 1.54) is 29.8 Å². The molecule has 0 aliphatic carbocycles. The molecule has 1 saturated heterocycles. The number of likely N-dealkylation sites (tertiary alicyclic amines) is 1. The minimum absolute atomic E-state index is 0.0140. The Hall–Kier alpha value is -2.02. The van der Waals surface area contributed by atoms with Crippen molar-refractivity contribution in [1.82, 2.24) is 15.1 Å². The minimum atomic E-state index is -0.216. The molecule has 0 saturated carbocycles. The molecule has 7 heteroatoms. The number of nitrogens with zero attached hydrogens (tertiary/aromatic N) is 2. The third kappa shape index (κ3) is 5.75. The van der Waals surface area contributed by atoms with Crippen LogP contribution in [0.25, 0.3) is 0 Å². The first-order valence-corrected chi connectivity index (χ1v) is 11.8. The highest BCUT2D eigenvalue weighted by atomic mass is 32.2. The van der Waals surface area contributed by atoms with Gasteiger partial charge < -0.3 is 15.1 Å². The largest absolute Gasteiger partial charge is 0.351 e. The summed E-state index contributed by atoms with van der Waals surface area (Å²) in [4.78, 5) is 41.2. The molecule has 1 aromatic carbocycles. The van der Waals surface area contributed by atoms with Crippen LogP contribution in [0.1, 0.15) is 37.3 Å². The van der Waals surface area contributed by atoms with Crippen molar-refractivity contribution < 1.29 is 14.4 Å². The smallest absolute Gasteiger partial charge is 0.230 e. The monoisotopic (exact) mass is 417 g/mol. The zero-order chi connectivity index (χ0) is 20.8. The summed E-state index contributed by atoms with van der Waals surface area (Å²) in [5.41, 5.74) is 2.54. The summed E-state index contributed by atoms with van der Waals surface area (Å²) in [7, 11) is 0. The molecule has 0 bridgehead atoms. The summed E-state index contributed by atoms with van der Waals surface area (Å²) in [6, 6.07) is 8.23. The van der Waals surface area contributed by atoms with E-state index in [1.807, 2.05) is 17.2 Å². The number of carbonyl (C=O) groups is 3. The van der Waals surface area contributed by atoms with Crippen LogP contribution in [0.4, 0.5) is 0 Å². The Morgan fingerprint density at radius 1 is 1.10 bits per heavy atom. The van der Waals surface area contributed by atoms with Crippen LogP contribution in [-0.4, -0.2) is 65.2 Å². The molecule has 3 rings (SSSR count). The maximum atomic E-state index is 13.4. The van der Waals surface area contributed by atoms with Gasteiger partial charge in [0, 0.05) is 39.1 Å². The number of aryl methyl sites for hydroxylation is 1. The molecule has 0 spiro atoms. The molecule has 0 aromatic heterocycles. The fourth-order valence-electron chi connectivity index (χ4n) is 4.32. The van der Waals surface area contributed by atoms with Crippen LogP contribution in [0.3, 0.4) is 0 Å². The third-order valence-electron chi connectivity index (χ3n) is 5.85. The lowest BCUT2D eigenvalue weighted by Crippen LogP contribution is -2.46. The Morgan fingerprint density at radius 2 is 1.86 bits per heavy atom. The molecule has 2 aliphatic heterocycles. The zero-order valence-electron chi connectivity index (χ0n) is 17.4. The van der Waals surface area contributed by atoms with Gasteiger partial charge in [-0.05, 0) is 43.1 Å². The van der Waals surface area contributed by atoms with Crippen molar-refractivity contribution in [2.24, 2.45) is 5.92 Å². The molecule has 158 valence electrons. The topological polar surface area (TPSA) is 69.7 Å². The first kappa shape index (κ1) is 21.7. The van der Waals surface area contributed by atoms with E-state index < -0.39 is 0 Å². The molecule has 6 nitrogen and oxygen atoms in total. The van der Waals surface area contributed by atoms with Crippen molar-refractivity contribution in [2.75, 3.05) is 31.6 Å². The second-order valence-electron chi connectivity index (χ2n) is 8.03. The highest BCUT2D eigenvalue weighted by molar-refractivity contribution is 7.99. The van der Waals surface area contributed by atoms with E-state index >= 15 is 0 Å². The molecule has 3 amide bonds. The first-order chi connectivity index (χ1) is 14.0. The second-order valence-corrected chi connectivity index (χ2v) is 8.89. The number of thioether (sulfide) groups is 1. The second kappa shape index (κ2) is 10.1. The average Bonchev–Trinajstić information content (AvgIpc) is 3.04. The van der Waals surface area contributed by atoms with Crippen LogP contribution < -0.4 is 5.32 Å². The zero-order valence-corrected chi connectivity index (χ0v) is 18.2. The predicted octanol–water partition coefficient (Wildman–Crippen LogP) is 2.07. The van der Waals surface area contributed by atoms with Gasteiger partial charge in [0.05, 0.1) is 11.7 Å². The summed E-state index contributed by atoms with van der Waals surface area (Å²) < 4.78 is 0. The molecule has 2 aliphatic rings. The van der Waals surface area contributed by atoms with Gasteiger partial charge >= 0.3 is 0 Å². The maximum Gasteiger partial charge on any atom is 0.230 e. The lowest BCUT2D eigenvalue weighted by molar-refractivity contribution is -0.138. The number of hydrogen-bond donors (Lipinski definition) is 1. The number of rotatable bonds is 4. The first-order valence-electron chi connectivity index (χ1n) is 10.4. The van der Waals surface area contributed by atoms with Gasteiger partial charge in [0.15, 0.2) is 0 Å². The van der Waals surface area contributed by atoms with Crippen LogP contribution >= 0.6 is 11.8 Å². The highest BCUT2D eigenvalue weighted by Crippen LogP contribution is 2.24. The normalized spacial score (nSPS) is 22.3. The SMILES string of the molecule is CSCC(=O)N[C@H]1CC[C@@H](C(=O)N2CCCc3ccccc3C2)CN(C(C)=O)C1. The van der Waals surface area contributed by atoms with Gasteiger partial charge in [-0.1, -0.05) is 24.3 Å². The number of nitrogens with one attached hydrogen (secondary N) is 1. The van der Waals surface area contributed by atoms with Crippen LogP contribution in [0.15, 0.2) is 24.3 Å². The fourth-order valence-corrected chi connectivity index (χ4v) is 4.66. The lowest BCUT2D eigenvalue weighted by Gasteiger charge is -2.28. The Kier molecular flexibility index (Phi) is 7.58. The van der Waals surface area contributed by atoms with Crippen LogP contribution in [-0.2, 0) is 27.3 Å². The van der Waals surface area contributed by atoms with E-state index in [1.54, 1.807) is 4.90 Å². The van der Waals surface area contributed by atoms with Crippen LogP contribution in [0.2, 0.25) is 0 Å². The third-order valence-corrected chi connectivity index (χ3v) is 6.40. The maximum absolute atomic E-state index is 13.4. The van der Waals surface area contributed by atoms with Gasteiger partial charge in [0.2, 0.25) is 17.7 Å². The molecular weight excluding hydrogens is 386 g/mol. The molecule has 29 heavy (non-hydrogen) atoms. The molecule has 2 atom stereocenters. The van der Waals surface area contributed by atoms with Crippen LogP contribution in [0.5, 0.6) is 0 Å². The van der Waals surface area contributed by atoms with E-state index in [0.29, 0.717) is 38.2 Å². The lowest BCUT2D eigenvalue weighted by atomic mass is 9.99. The Labute approximate surface area is 177 Å². The Morgan fingerprint density at radius 3 is 2.59 bits per heavy atom. The van der Waals surface area contributed by atoms with Crippen molar-refractivity contribution in [3.05, 3.63) is 35.4 Å². The fraction of sp³-hybridized carbons (Fsp3) is 0.591. The summed E-state index contributed by atoms with van der Waals surface area (Å²) in [6.07, 6.45) is 5.24. The van der Waals surface area contributed by atoms with E-state index in [2.05, 4.69) is 23.5 Å². The number of amides is 3. The molecule has 1 aromatic rings. The van der Waals surface area contributed by atoms with E-state index in [9.17, 15) is 14.4 Å². The number of hydrogen-bond acceptors (Lipinski definition) is 4. The number of benzene rings is 1. The minimum Gasteiger partial charge on any atom is -0.351 e. The standard InChI is InChI=1S/C22H31N3O3S/c1-16(26)25-13-19(9-10-20(14-25)23-21(27)15-29-2)22(28)24-11-5-8-17-6-3-4-7-18(17)12-24/h3-4,6-7,19-20H,5,8-15H2,1-2H3,(H,23,27)/t19-,20+/m1/s1. The predicted molar refractivity (Wildman–Crippen MR) is 115 cm³/mol. The highest BCUT2D eigenvalue weighted by Gasteiger charge is 2.33. The molecule has 1 fully saturated rings. The average molecular weight is 418 g/mol. The summed E-state index contributed by atoms with van der Waals surface area (Å²) in [6.45, 7) is 3.83. The number of fused-ring (bicyclic) bond motifs is 1. The van der Waals surface area contributed by atoms with Crippen molar-refractivity contribution in [3.63, 3.8) is 0 Å². The molecule has 2 heterocycles. The number of carbonyl (C=O) groups excluding carboxylic acids is 3.